The lowest BCUT2D eigenvalue weighted by molar-refractivity contribution is 0.00390. The summed E-state index contributed by atoms with van der Waals surface area (Å²) in [6.07, 6.45) is 11.3. The van der Waals surface area contributed by atoms with E-state index in [9.17, 15) is 10.1 Å². The Balaban J connectivity index is 1.08. The minimum Gasteiger partial charge on any atom is -0.441 e. The molecule has 2 aliphatic carbocycles. The first-order valence-electron chi connectivity index (χ1n) is 14.9. The Kier molecular flexibility index (Phi) is 6.90. The van der Waals surface area contributed by atoms with Crippen LogP contribution in [0, 0.1) is 17.2 Å². The van der Waals surface area contributed by atoms with Gasteiger partial charge in [-0.3, -0.25) is 0 Å². The number of imidazole rings is 1. The minimum absolute atomic E-state index is 0.259. The van der Waals surface area contributed by atoms with E-state index in [1.165, 1.54) is 12.8 Å². The average molecular weight is 579 g/mol. The SMILES string of the molecule is N#Cc1cc(Cl)c2ncn(C[C@H]3CCC[C@]4(C3)CN(CC3(c5nc(C6CCCC6)no5)CCOCC3)C(=O)O4)c2c1. The monoisotopic (exact) mass is 578 g/mol. The molecular weight excluding hydrogens is 544 g/mol. The number of rotatable bonds is 6. The van der Waals surface area contributed by atoms with Crippen LogP contribution in [-0.4, -0.2) is 62.6 Å². The molecule has 2 aromatic heterocycles. The van der Waals surface area contributed by atoms with E-state index in [0.717, 1.165) is 69.3 Å². The van der Waals surface area contributed by atoms with Gasteiger partial charge in [0.2, 0.25) is 5.89 Å². The Bertz CT molecular complexity index is 1480. The Morgan fingerprint density at radius 1 is 1.12 bits per heavy atom. The van der Waals surface area contributed by atoms with Crippen molar-refractivity contribution in [3.8, 4) is 6.07 Å². The fourth-order valence-electron chi connectivity index (χ4n) is 7.63. The molecule has 0 bridgehead atoms. The smallest absolute Gasteiger partial charge is 0.410 e. The maximum absolute atomic E-state index is 13.4. The molecule has 4 heterocycles. The van der Waals surface area contributed by atoms with Gasteiger partial charge >= 0.3 is 6.09 Å². The number of hydrogen-bond acceptors (Lipinski definition) is 8. The molecule has 10 nitrogen and oxygen atoms in total. The molecule has 0 unspecified atom stereocenters. The van der Waals surface area contributed by atoms with Gasteiger partial charge in [0.1, 0.15) is 11.1 Å². The predicted octanol–water partition coefficient (Wildman–Crippen LogP) is 5.73. The number of benzene rings is 1. The number of halogens is 1. The highest BCUT2D eigenvalue weighted by Crippen LogP contribution is 2.44. The van der Waals surface area contributed by atoms with E-state index in [0.29, 0.717) is 60.1 Å². The van der Waals surface area contributed by atoms with Crippen molar-refractivity contribution >= 4 is 28.7 Å². The number of ether oxygens (including phenoxy) is 2. The van der Waals surface area contributed by atoms with Crippen LogP contribution < -0.4 is 0 Å². The van der Waals surface area contributed by atoms with Crippen molar-refractivity contribution in [2.24, 2.45) is 5.92 Å². The molecule has 4 fully saturated rings. The van der Waals surface area contributed by atoms with E-state index in [2.05, 4.69) is 20.8 Å². The third-order valence-corrected chi connectivity index (χ3v) is 10.1. The Hall–Kier alpha value is -3.16. The first kappa shape index (κ1) is 26.7. The van der Waals surface area contributed by atoms with E-state index < -0.39 is 11.0 Å². The molecule has 1 amide bonds. The highest BCUT2D eigenvalue weighted by Gasteiger charge is 2.51. The van der Waals surface area contributed by atoms with Crippen LogP contribution in [0.15, 0.2) is 23.0 Å². The van der Waals surface area contributed by atoms with Crippen LogP contribution >= 0.6 is 11.6 Å². The Morgan fingerprint density at radius 2 is 1.95 bits per heavy atom. The normalized spacial score (nSPS) is 26.6. The summed E-state index contributed by atoms with van der Waals surface area (Å²) in [6.45, 7) is 2.99. The van der Waals surface area contributed by atoms with E-state index in [1.54, 1.807) is 12.4 Å². The van der Waals surface area contributed by atoms with Crippen LogP contribution in [0.3, 0.4) is 0 Å². The number of fused-ring (bicyclic) bond motifs is 1. The third kappa shape index (κ3) is 4.97. The van der Waals surface area contributed by atoms with Gasteiger partial charge in [0, 0.05) is 32.2 Å². The van der Waals surface area contributed by atoms with Crippen LogP contribution in [0.2, 0.25) is 5.02 Å². The van der Waals surface area contributed by atoms with Gasteiger partial charge in [0.25, 0.3) is 0 Å². The second kappa shape index (κ2) is 10.6. The average Bonchev–Trinajstić information content (AvgIpc) is 3.78. The van der Waals surface area contributed by atoms with Gasteiger partial charge in [-0.05, 0) is 69.4 Å². The van der Waals surface area contributed by atoms with Crippen LogP contribution in [0.5, 0.6) is 0 Å². The summed E-state index contributed by atoms with van der Waals surface area (Å²) >= 11 is 6.38. The van der Waals surface area contributed by atoms with Gasteiger partial charge in [-0.15, -0.1) is 0 Å². The first-order valence-corrected chi connectivity index (χ1v) is 15.3. The lowest BCUT2D eigenvalue weighted by Crippen LogP contribution is -2.47. The van der Waals surface area contributed by atoms with Gasteiger partial charge in [-0.2, -0.15) is 10.2 Å². The molecule has 2 atom stereocenters. The lowest BCUT2D eigenvalue weighted by Gasteiger charge is -2.38. The largest absolute Gasteiger partial charge is 0.441 e. The highest BCUT2D eigenvalue weighted by atomic mass is 35.5. The second-order valence-electron chi connectivity index (χ2n) is 12.5. The van der Waals surface area contributed by atoms with Gasteiger partial charge in [-0.25, -0.2) is 9.78 Å². The van der Waals surface area contributed by atoms with E-state index in [-0.39, 0.29) is 6.09 Å². The van der Waals surface area contributed by atoms with Crippen molar-refractivity contribution in [3.05, 3.63) is 40.8 Å². The van der Waals surface area contributed by atoms with Gasteiger partial charge in [0.15, 0.2) is 5.82 Å². The second-order valence-corrected chi connectivity index (χ2v) is 12.9. The van der Waals surface area contributed by atoms with Crippen molar-refractivity contribution in [3.63, 3.8) is 0 Å². The molecule has 2 saturated heterocycles. The summed E-state index contributed by atoms with van der Waals surface area (Å²) in [5.41, 5.74) is 1.14. The molecule has 1 spiro atoms. The molecule has 216 valence electrons. The summed E-state index contributed by atoms with van der Waals surface area (Å²) in [5, 5.41) is 14.3. The first-order chi connectivity index (χ1) is 20.0. The molecule has 11 heteroatoms. The zero-order valence-electron chi connectivity index (χ0n) is 23.2. The molecule has 1 aromatic carbocycles. The quantitative estimate of drug-likeness (QED) is 0.363. The zero-order valence-corrected chi connectivity index (χ0v) is 23.9. The van der Waals surface area contributed by atoms with Crippen LogP contribution in [-0.2, 0) is 21.4 Å². The summed E-state index contributed by atoms with van der Waals surface area (Å²) in [6, 6.07) is 5.67. The highest BCUT2D eigenvalue weighted by molar-refractivity contribution is 6.35. The minimum atomic E-state index is -0.512. The molecule has 0 radical (unpaired) electrons. The molecule has 2 aliphatic heterocycles. The summed E-state index contributed by atoms with van der Waals surface area (Å²) in [5.74, 6) is 2.13. The standard InChI is InChI=1S/C30H35ClN6O4/c31-23-12-21(15-32)13-24-25(23)33-19-36(24)16-20-4-3-7-30(14-20)18-37(28(38)40-30)17-29(8-10-39-11-9-29)27-34-26(35-41-27)22-5-1-2-6-22/h12-13,19-20,22H,1-11,14,16-18H2/t20-,30-/m0/s1. The maximum atomic E-state index is 13.4. The van der Waals surface area contributed by atoms with Crippen LogP contribution in [0.1, 0.15) is 87.4 Å². The van der Waals surface area contributed by atoms with Crippen molar-refractivity contribution in [1.82, 2.24) is 24.6 Å². The van der Waals surface area contributed by atoms with Crippen molar-refractivity contribution in [1.29, 1.82) is 5.26 Å². The van der Waals surface area contributed by atoms with Gasteiger partial charge in [0.05, 0.1) is 40.5 Å². The summed E-state index contributed by atoms with van der Waals surface area (Å²) in [4.78, 5) is 24.6. The zero-order chi connectivity index (χ0) is 28.0. The van der Waals surface area contributed by atoms with Gasteiger partial charge < -0.3 is 23.5 Å². The number of aromatic nitrogens is 4. The molecule has 3 aromatic rings. The number of amides is 1. The molecule has 2 saturated carbocycles. The number of nitrogens with zero attached hydrogens (tertiary/aromatic N) is 6. The molecule has 0 N–H and O–H groups in total. The number of nitriles is 1. The fourth-order valence-corrected chi connectivity index (χ4v) is 7.89. The van der Waals surface area contributed by atoms with E-state index in [4.69, 9.17) is 30.6 Å². The summed E-state index contributed by atoms with van der Waals surface area (Å²) < 4.78 is 19.9. The Morgan fingerprint density at radius 3 is 2.76 bits per heavy atom. The summed E-state index contributed by atoms with van der Waals surface area (Å²) in [7, 11) is 0. The van der Waals surface area contributed by atoms with Crippen molar-refractivity contribution in [2.75, 3.05) is 26.3 Å². The van der Waals surface area contributed by atoms with Crippen molar-refractivity contribution < 1.29 is 18.8 Å². The molecule has 41 heavy (non-hydrogen) atoms. The maximum Gasteiger partial charge on any atom is 0.410 e. The molecular formula is C30H35ClN6O4. The number of hydrogen-bond donors (Lipinski definition) is 0. The van der Waals surface area contributed by atoms with Crippen LogP contribution in [0.4, 0.5) is 4.79 Å². The topological polar surface area (TPSA) is 119 Å². The van der Waals surface area contributed by atoms with Crippen LogP contribution in [0.25, 0.3) is 11.0 Å². The Labute approximate surface area is 243 Å². The van der Waals surface area contributed by atoms with E-state index >= 15 is 0 Å². The lowest BCUT2D eigenvalue weighted by atomic mass is 9.77. The number of carbonyl (C=O) groups excluding carboxylic acids is 1. The predicted molar refractivity (Wildman–Crippen MR) is 149 cm³/mol. The number of carbonyl (C=O) groups is 1. The molecule has 4 aliphatic rings. The van der Waals surface area contributed by atoms with Crippen molar-refractivity contribution in [2.45, 2.75) is 87.7 Å². The fraction of sp³-hybridized carbons (Fsp3) is 0.633. The van der Waals surface area contributed by atoms with E-state index in [1.807, 2.05) is 11.0 Å². The third-order valence-electron chi connectivity index (χ3n) is 9.77. The van der Waals surface area contributed by atoms with Gasteiger partial charge in [-0.1, -0.05) is 29.6 Å². The molecule has 7 rings (SSSR count).